The highest BCUT2D eigenvalue weighted by molar-refractivity contribution is 14.0. The molecule has 1 unspecified atom stereocenters. The Morgan fingerprint density at radius 3 is 2.60 bits per heavy atom. The molecule has 1 aromatic rings. The summed E-state index contributed by atoms with van der Waals surface area (Å²) in [4.78, 5) is 4.22. The van der Waals surface area contributed by atoms with Crippen molar-refractivity contribution in [3.8, 4) is 0 Å². The van der Waals surface area contributed by atoms with Gasteiger partial charge in [0, 0.05) is 45.7 Å². The highest BCUT2D eigenvalue weighted by Crippen LogP contribution is 1.97. The number of unbranched alkanes of at least 4 members (excludes halogenated alkanes) is 1. The molecule has 25 heavy (non-hydrogen) atoms. The van der Waals surface area contributed by atoms with Crippen molar-refractivity contribution in [1.82, 2.24) is 20.4 Å². The molecule has 0 aliphatic heterocycles. The number of aromatic nitrogens is 2. The van der Waals surface area contributed by atoms with Crippen LogP contribution in [0.15, 0.2) is 23.5 Å². The second-order valence-electron chi connectivity index (χ2n) is 5.79. The molecule has 1 atom stereocenters. The summed E-state index contributed by atoms with van der Waals surface area (Å²) in [7, 11) is 1.77. The van der Waals surface area contributed by atoms with Crippen LogP contribution in [0.5, 0.6) is 0 Å². The zero-order chi connectivity index (χ0) is 17.5. The van der Waals surface area contributed by atoms with Crippen LogP contribution in [-0.4, -0.2) is 62.3 Å². The summed E-state index contributed by atoms with van der Waals surface area (Å²) in [5.74, 6) is 1.25. The molecule has 7 nitrogen and oxygen atoms in total. The number of rotatable bonds is 13. The average molecular weight is 467 g/mol. The van der Waals surface area contributed by atoms with E-state index in [0.717, 1.165) is 45.0 Å². The Morgan fingerprint density at radius 2 is 1.96 bits per heavy atom. The lowest BCUT2D eigenvalue weighted by Gasteiger charge is -2.16. The number of ether oxygens (including phenoxy) is 2. The van der Waals surface area contributed by atoms with Gasteiger partial charge in [0.15, 0.2) is 5.96 Å². The second kappa shape index (κ2) is 16.6. The van der Waals surface area contributed by atoms with Crippen LogP contribution >= 0.6 is 24.0 Å². The molecule has 2 N–H and O–H groups in total. The quantitative estimate of drug-likeness (QED) is 0.201. The van der Waals surface area contributed by atoms with Gasteiger partial charge in [-0.15, -0.1) is 24.0 Å². The third-order valence-corrected chi connectivity index (χ3v) is 3.45. The summed E-state index contributed by atoms with van der Waals surface area (Å²) in [5, 5.41) is 10.8. The maximum Gasteiger partial charge on any atom is 0.191 e. The molecular weight excluding hydrogens is 433 g/mol. The molecule has 0 aliphatic rings. The minimum absolute atomic E-state index is 0. The SMILES string of the molecule is CCCCOCCOCCNC(=NC)NCC(C)Cn1cccn1.I. The van der Waals surface area contributed by atoms with Crippen molar-refractivity contribution in [2.24, 2.45) is 10.9 Å². The van der Waals surface area contributed by atoms with Crippen molar-refractivity contribution in [3.05, 3.63) is 18.5 Å². The van der Waals surface area contributed by atoms with Crippen LogP contribution in [0.2, 0.25) is 0 Å². The van der Waals surface area contributed by atoms with Crippen molar-refractivity contribution in [1.29, 1.82) is 0 Å². The van der Waals surface area contributed by atoms with Crippen LogP contribution in [0.25, 0.3) is 0 Å². The van der Waals surface area contributed by atoms with Crippen molar-refractivity contribution in [3.63, 3.8) is 0 Å². The third-order valence-electron chi connectivity index (χ3n) is 3.45. The normalized spacial score (nSPS) is 12.5. The average Bonchev–Trinajstić information content (AvgIpc) is 3.09. The lowest BCUT2D eigenvalue weighted by atomic mass is 10.2. The number of hydrogen-bond acceptors (Lipinski definition) is 4. The predicted octanol–water partition coefficient (Wildman–Crippen LogP) is 2.14. The van der Waals surface area contributed by atoms with Crippen LogP contribution in [-0.2, 0) is 16.0 Å². The van der Waals surface area contributed by atoms with Crippen LogP contribution in [0.3, 0.4) is 0 Å². The molecular formula is C17H34IN5O2. The first-order valence-electron chi connectivity index (χ1n) is 8.83. The molecule has 0 bridgehead atoms. The van der Waals surface area contributed by atoms with Gasteiger partial charge in [-0.3, -0.25) is 9.67 Å². The minimum Gasteiger partial charge on any atom is -0.379 e. The molecule has 1 rings (SSSR count). The van der Waals surface area contributed by atoms with Gasteiger partial charge in [0.2, 0.25) is 0 Å². The third kappa shape index (κ3) is 13.1. The maximum atomic E-state index is 5.52. The fourth-order valence-electron chi connectivity index (χ4n) is 2.09. The van der Waals surface area contributed by atoms with Crippen LogP contribution < -0.4 is 10.6 Å². The first-order chi connectivity index (χ1) is 11.8. The van der Waals surface area contributed by atoms with Crippen LogP contribution in [0.4, 0.5) is 0 Å². The summed E-state index contributed by atoms with van der Waals surface area (Å²) in [5.41, 5.74) is 0. The molecule has 0 aromatic carbocycles. The van der Waals surface area contributed by atoms with Gasteiger partial charge < -0.3 is 20.1 Å². The number of nitrogens with zero attached hydrogens (tertiary/aromatic N) is 3. The largest absolute Gasteiger partial charge is 0.379 e. The van der Waals surface area contributed by atoms with Gasteiger partial charge in [0.05, 0.1) is 19.8 Å². The Morgan fingerprint density at radius 1 is 1.20 bits per heavy atom. The molecule has 0 spiro atoms. The van der Waals surface area contributed by atoms with Crippen LogP contribution in [0, 0.1) is 5.92 Å². The summed E-state index contributed by atoms with van der Waals surface area (Å²) in [6.45, 7) is 9.56. The summed E-state index contributed by atoms with van der Waals surface area (Å²) < 4.78 is 12.9. The van der Waals surface area contributed by atoms with Gasteiger partial charge in [0.1, 0.15) is 0 Å². The van der Waals surface area contributed by atoms with Gasteiger partial charge in [-0.1, -0.05) is 20.3 Å². The van der Waals surface area contributed by atoms with Crippen molar-refractivity contribution < 1.29 is 9.47 Å². The molecule has 1 aromatic heterocycles. The molecule has 0 fully saturated rings. The van der Waals surface area contributed by atoms with E-state index in [-0.39, 0.29) is 24.0 Å². The highest BCUT2D eigenvalue weighted by Gasteiger charge is 2.05. The summed E-state index contributed by atoms with van der Waals surface area (Å²) in [6, 6.07) is 1.94. The Labute approximate surface area is 169 Å². The summed E-state index contributed by atoms with van der Waals surface area (Å²) >= 11 is 0. The van der Waals surface area contributed by atoms with Gasteiger partial charge in [-0.25, -0.2) is 0 Å². The van der Waals surface area contributed by atoms with Gasteiger partial charge in [-0.05, 0) is 18.4 Å². The molecule has 0 aliphatic carbocycles. The lowest BCUT2D eigenvalue weighted by molar-refractivity contribution is 0.0487. The summed E-state index contributed by atoms with van der Waals surface area (Å²) in [6.07, 6.45) is 6.06. The van der Waals surface area contributed by atoms with E-state index in [9.17, 15) is 0 Å². The monoisotopic (exact) mass is 467 g/mol. The first kappa shape index (κ1) is 24.1. The van der Waals surface area contributed by atoms with E-state index in [1.54, 1.807) is 13.2 Å². The van der Waals surface area contributed by atoms with E-state index in [2.05, 4.69) is 34.6 Å². The van der Waals surface area contributed by atoms with E-state index >= 15 is 0 Å². The van der Waals surface area contributed by atoms with E-state index in [0.29, 0.717) is 25.7 Å². The fraction of sp³-hybridized carbons (Fsp3) is 0.765. The van der Waals surface area contributed by atoms with Crippen molar-refractivity contribution in [2.45, 2.75) is 33.2 Å². The number of nitrogens with one attached hydrogen (secondary N) is 2. The van der Waals surface area contributed by atoms with E-state index in [1.165, 1.54) is 0 Å². The van der Waals surface area contributed by atoms with Gasteiger partial charge >= 0.3 is 0 Å². The Kier molecular flexibility index (Phi) is 16.0. The number of hydrogen-bond donors (Lipinski definition) is 2. The molecule has 1 heterocycles. The fourth-order valence-corrected chi connectivity index (χ4v) is 2.09. The first-order valence-corrected chi connectivity index (χ1v) is 8.83. The van der Waals surface area contributed by atoms with E-state index in [1.807, 2.05) is 16.9 Å². The highest BCUT2D eigenvalue weighted by atomic mass is 127. The van der Waals surface area contributed by atoms with Crippen molar-refractivity contribution >= 4 is 29.9 Å². The Bertz CT molecular complexity index is 429. The number of halogens is 1. The molecule has 0 saturated carbocycles. The zero-order valence-electron chi connectivity index (χ0n) is 15.7. The number of aliphatic imine (C=N–C) groups is 1. The topological polar surface area (TPSA) is 72.7 Å². The standard InChI is InChI=1S/C17H33N5O2.HI/c1-4-5-10-23-12-13-24-11-8-19-17(18-3)20-14-16(2)15-22-9-6-7-21-22;/h6-7,9,16H,4-5,8,10-15H2,1-3H3,(H2,18,19,20);1H. The van der Waals surface area contributed by atoms with E-state index < -0.39 is 0 Å². The zero-order valence-corrected chi connectivity index (χ0v) is 18.1. The maximum absolute atomic E-state index is 5.52. The minimum atomic E-state index is 0. The molecule has 0 amide bonds. The molecule has 0 saturated heterocycles. The van der Waals surface area contributed by atoms with Gasteiger partial charge in [-0.2, -0.15) is 5.10 Å². The van der Waals surface area contributed by atoms with Crippen LogP contribution in [0.1, 0.15) is 26.7 Å². The molecule has 8 heteroatoms. The second-order valence-corrected chi connectivity index (χ2v) is 5.79. The molecule has 0 radical (unpaired) electrons. The Balaban J connectivity index is 0.00000576. The number of guanidine groups is 1. The lowest BCUT2D eigenvalue weighted by Crippen LogP contribution is -2.41. The smallest absolute Gasteiger partial charge is 0.191 e. The van der Waals surface area contributed by atoms with Crippen molar-refractivity contribution in [2.75, 3.05) is 46.6 Å². The van der Waals surface area contributed by atoms with E-state index in [4.69, 9.17) is 9.47 Å². The Hall–Kier alpha value is -0.870. The van der Waals surface area contributed by atoms with Gasteiger partial charge in [0.25, 0.3) is 0 Å². The molecule has 146 valence electrons. The predicted molar refractivity (Wildman–Crippen MR) is 113 cm³/mol.